The van der Waals surface area contributed by atoms with E-state index in [0.717, 1.165) is 37.5 Å². The summed E-state index contributed by atoms with van der Waals surface area (Å²) in [6.07, 6.45) is 9.29. The van der Waals surface area contributed by atoms with Crippen molar-refractivity contribution in [1.29, 1.82) is 0 Å². The molecular weight excluding hydrogens is 275 g/mol. The number of hydrogen-bond donors (Lipinski definition) is 1. The van der Waals surface area contributed by atoms with Gasteiger partial charge in [0.1, 0.15) is 6.17 Å². The summed E-state index contributed by atoms with van der Waals surface area (Å²) < 4.78 is 13.9. The lowest BCUT2D eigenvalue weighted by Gasteiger charge is -2.61. The van der Waals surface area contributed by atoms with Crippen molar-refractivity contribution >= 4 is 0 Å². The molecular formula is C20H33FO. The molecule has 0 saturated heterocycles. The minimum Gasteiger partial charge on any atom is -0.390 e. The Labute approximate surface area is 135 Å². The van der Waals surface area contributed by atoms with Gasteiger partial charge in [0.05, 0.1) is 5.60 Å². The van der Waals surface area contributed by atoms with Gasteiger partial charge in [-0.1, -0.05) is 13.8 Å². The summed E-state index contributed by atoms with van der Waals surface area (Å²) in [7, 11) is 0. The summed E-state index contributed by atoms with van der Waals surface area (Å²) in [6.45, 7) is 6.92. The summed E-state index contributed by atoms with van der Waals surface area (Å²) in [5, 5.41) is 10.9. The highest BCUT2D eigenvalue weighted by Crippen LogP contribution is 2.68. The number of halogens is 1. The normalized spacial score (nSPS) is 61.2. The first-order valence-electron chi connectivity index (χ1n) is 9.64. The summed E-state index contributed by atoms with van der Waals surface area (Å²) >= 11 is 0. The van der Waals surface area contributed by atoms with Crippen LogP contribution in [0.3, 0.4) is 0 Å². The highest BCUT2D eigenvalue weighted by molar-refractivity contribution is 5.12. The minimum atomic E-state index is -0.546. The Morgan fingerprint density at radius 1 is 0.864 bits per heavy atom. The summed E-state index contributed by atoms with van der Waals surface area (Å²) in [5.74, 6) is 2.88. The smallest absolute Gasteiger partial charge is 0.100 e. The molecule has 0 heterocycles. The van der Waals surface area contributed by atoms with Gasteiger partial charge in [-0.25, -0.2) is 4.39 Å². The zero-order valence-electron chi connectivity index (χ0n) is 14.6. The first-order valence-corrected chi connectivity index (χ1v) is 9.64. The fraction of sp³-hybridized carbons (Fsp3) is 1.00. The van der Waals surface area contributed by atoms with Crippen LogP contribution in [0.1, 0.15) is 78.6 Å². The summed E-state index contributed by atoms with van der Waals surface area (Å²) in [6, 6.07) is 0. The number of aliphatic hydroxyl groups is 1. The molecule has 0 radical (unpaired) electrons. The average Bonchev–Trinajstić information content (AvgIpc) is 2.70. The first-order chi connectivity index (χ1) is 10.3. The molecule has 1 N–H and O–H groups in total. The van der Waals surface area contributed by atoms with Gasteiger partial charge >= 0.3 is 0 Å². The highest BCUT2D eigenvalue weighted by atomic mass is 19.1. The quantitative estimate of drug-likeness (QED) is 0.658. The molecule has 0 aromatic carbocycles. The molecule has 0 spiro atoms. The van der Waals surface area contributed by atoms with E-state index in [0.29, 0.717) is 17.3 Å². The van der Waals surface area contributed by atoms with E-state index >= 15 is 0 Å². The summed E-state index contributed by atoms with van der Waals surface area (Å²) in [5.41, 5.74) is 0.0208. The summed E-state index contributed by atoms with van der Waals surface area (Å²) in [4.78, 5) is 0. The molecule has 0 amide bonds. The van der Waals surface area contributed by atoms with Gasteiger partial charge in [-0.3, -0.25) is 0 Å². The van der Waals surface area contributed by atoms with Gasteiger partial charge in [0, 0.05) is 0 Å². The molecule has 4 rings (SSSR count). The van der Waals surface area contributed by atoms with E-state index in [-0.39, 0.29) is 5.41 Å². The van der Waals surface area contributed by atoms with Crippen LogP contribution < -0.4 is 0 Å². The van der Waals surface area contributed by atoms with Gasteiger partial charge in [-0.2, -0.15) is 0 Å². The van der Waals surface area contributed by atoms with Crippen LogP contribution in [0.5, 0.6) is 0 Å². The Morgan fingerprint density at radius 3 is 2.36 bits per heavy atom. The van der Waals surface area contributed by atoms with Crippen molar-refractivity contribution in [2.24, 2.45) is 34.5 Å². The Balaban J connectivity index is 1.64. The van der Waals surface area contributed by atoms with Crippen LogP contribution in [-0.2, 0) is 0 Å². The number of alkyl halides is 1. The van der Waals surface area contributed by atoms with E-state index in [2.05, 4.69) is 20.8 Å². The van der Waals surface area contributed by atoms with E-state index in [4.69, 9.17) is 0 Å². The molecule has 4 aliphatic rings. The van der Waals surface area contributed by atoms with Crippen LogP contribution in [0, 0.1) is 34.5 Å². The Kier molecular flexibility index (Phi) is 3.30. The van der Waals surface area contributed by atoms with Crippen molar-refractivity contribution in [3.63, 3.8) is 0 Å². The SMILES string of the molecule is C[C@]1(O)CCC2C3CC[C@H]4C[C@@H](F)CC[C@]4(C)C3CC[C@@]21C. The van der Waals surface area contributed by atoms with Crippen LogP contribution in [0.2, 0.25) is 0 Å². The van der Waals surface area contributed by atoms with Crippen LogP contribution in [0.4, 0.5) is 4.39 Å². The van der Waals surface area contributed by atoms with Gasteiger partial charge in [-0.05, 0) is 99.2 Å². The lowest BCUT2D eigenvalue weighted by molar-refractivity contribution is -0.149. The molecule has 0 aromatic rings. The molecule has 3 unspecified atom stereocenters. The molecule has 4 aliphatic carbocycles. The van der Waals surface area contributed by atoms with E-state index in [1.54, 1.807) is 0 Å². The monoisotopic (exact) mass is 308 g/mol. The molecule has 8 atom stereocenters. The second kappa shape index (κ2) is 4.71. The van der Waals surface area contributed by atoms with E-state index in [1.165, 1.54) is 32.1 Å². The fourth-order valence-corrected chi connectivity index (χ4v) is 7.45. The third-order valence-corrected chi connectivity index (χ3v) is 9.16. The van der Waals surface area contributed by atoms with Crippen LogP contribution >= 0.6 is 0 Å². The van der Waals surface area contributed by atoms with Crippen molar-refractivity contribution < 1.29 is 9.50 Å². The minimum absolute atomic E-state index is 0.120. The zero-order valence-corrected chi connectivity index (χ0v) is 14.6. The Hall–Kier alpha value is -0.110. The lowest BCUT2D eigenvalue weighted by Crippen LogP contribution is -2.56. The third kappa shape index (κ3) is 1.85. The highest BCUT2D eigenvalue weighted by Gasteiger charge is 2.63. The third-order valence-electron chi connectivity index (χ3n) is 9.16. The second-order valence-corrected chi connectivity index (χ2v) is 9.80. The molecule has 22 heavy (non-hydrogen) atoms. The van der Waals surface area contributed by atoms with Crippen molar-refractivity contribution in [2.45, 2.75) is 90.3 Å². The average molecular weight is 308 g/mol. The maximum atomic E-state index is 13.9. The number of hydrogen-bond acceptors (Lipinski definition) is 1. The number of fused-ring (bicyclic) bond motifs is 5. The van der Waals surface area contributed by atoms with Crippen LogP contribution in [-0.4, -0.2) is 16.9 Å². The van der Waals surface area contributed by atoms with E-state index in [1.807, 2.05) is 0 Å². The van der Waals surface area contributed by atoms with Gasteiger partial charge in [-0.15, -0.1) is 0 Å². The molecule has 2 heteroatoms. The maximum absolute atomic E-state index is 13.9. The van der Waals surface area contributed by atoms with Gasteiger partial charge in [0.25, 0.3) is 0 Å². The largest absolute Gasteiger partial charge is 0.390 e. The van der Waals surface area contributed by atoms with Crippen LogP contribution in [0.15, 0.2) is 0 Å². The zero-order chi connectivity index (χ0) is 15.8. The Bertz CT molecular complexity index is 461. The lowest BCUT2D eigenvalue weighted by atomic mass is 9.44. The molecule has 4 fully saturated rings. The number of rotatable bonds is 0. The molecule has 0 aromatic heterocycles. The van der Waals surface area contributed by atoms with Crippen molar-refractivity contribution in [3.8, 4) is 0 Å². The van der Waals surface area contributed by atoms with E-state index in [9.17, 15) is 9.50 Å². The van der Waals surface area contributed by atoms with Gasteiger partial charge < -0.3 is 5.11 Å². The first kappa shape index (κ1) is 15.4. The van der Waals surface area contributed by atoms with Crippen molar-refractivity contribution in [3.05, 3.63) is 0 Å². The Morgan fingerprint density at radius 2 is 1.59 bits per heavy atom. The molecule has 0 bridgehead atoms. The van der Waals surface area contributed by atoms with E-state index < -0.39 is 11.8 Å². The maximum Gasteiger partial charge on any atom is 0.100 e. The van der Waals surface area contributed by atoms with Gasteiger partial charge in [0.15, 0.2) is 0 Å². The van der Waals surface area contributed by atoms with Crippen molar-refractivity contribution in [1.82, 2.24) is 0 Å². The standard InChI is InChI=1S/C20H33FO/c1-18-9-6-14(21)12-13(18)4-5-15-16(18)7-10-19(2)17(15)8-11-20(19,3)22/h13-17,22H,4-12H2,1-3H3/t13-,14-,15?,16?,17?,18-,19-,20-/m0/s1. The second-order valence-electron chi connectivity index (χ2n) is 9.80. The molecule has 0 aliphatic heterocycles. The molecule has 4 saturated carbocycles. The van der Waals surface area contributed by atoms with Gasteiger partial charge in [0.2, 0.25) is 0 Å². The predicted molar refractivity (Wildman–Crippen MR) is 87.2 cm³/mol. The fourth-order valence-electron chi connectivity index (χ4n) is 7.45. The predicted octanol–water partition coefficient (Wildman–Crippen LogP) is 5.12. The topological polar surface area (TPSA) is 20.2 Å². The molecule has 1 nitrogen and oxygen atoms in total. The molecule has 126 valence electrons. The van der Waals surface area contributed by atoms with Crippen molar-refractivity contribution in [2.75, 3.05) is 0 Å². The van der Waals surface area contributed by atoms with Crippen LogP contribution in [0.25, 0.3) is 0 Å².